The van der Waals surface area contributed by atoms with Crippen LogP contribution in [0.5, 0.6) is 0 Å². The molecular formula is C12H23N3O2. The maximum absolute atomic E-state index is 10.1. The minimum atomic E-state index is -0.627. The fourth-order valence-electron chi connectivity index (χ4n) is 1.73. The number of hydrogen-bond donors (Lipinski definition) is 0. The van der Waals surface area contributed by atoms with Crippen molar-refractivity contribution < 1.29 is 9.53 Å². The fraction of sp³-hybridized carbons (Fsp3) is 0.917. The molecule has 0 spiro atoms. The van der Waals surface area contributed by atoms with Crippen LogP contribution >= 0.6 is 0 Å². The first-order valence-electron chi connectivity index (χ1n) is 6.48. The molecule has 17 heavy (non-hydrogen) atoms. The zero-order valence-corrected chi connectivity index (χ0v) is 10.7. The lowest BCUT2D eigenvalue weighted by Crippen LogP contribution is -2.07. The Hall–Kier alpha value is -1.22. The monoisotopic (exact) mass is 241 g/mol. The van der Waals surface area contributed by atoms with E-state index < -0.39 is 6.23 Å². The summed E-state index contributed by atoms with van der Waals surface area (Å²) in [6.07, 6.45) is 9.73. The van der Waals surface area contributed by atoms with Crippen molar-refractivity contribution in [1.29, 1.82) is 0 Å². The van der Waals surface area contributed by atoms with Gasteiger partial charge in [0.2, 0.25) is 0 Å². The maximum Gasteiger partial charge on any atom is 0.293 e. The second-order valence-corrected chi connectivity index (χ2v) is 4.16. The van der Waals surface area contributed by atoms with Crippen molar-refractivity contribution in [2.45, 2.75) is 70.9 Å². The van der Waals surface area contributed by atoms with Crippen LogP contribution in [0.1, 0.15) is 64.7 Å². The molecule has 0 fully saturated rings. The minimum Gasteiger partial charge on any atom is -0.458 e. The topological polar surface area (TPSA) is 75.1 Å². The highest BCUT2D eigenvalue weighted by molar-refractivity contribution is 5.37. The standard InChI is InChI=1S/C12H23N3O2/c1-2-3-4-5-6-7-8-9-10-12(14-15-13)17-11-16/h11-12H,2-10H2,1H3. The second kappa shape index (κ2) is 12.8. The largest absolute Gasteiger partial charge is 0.458 e. The summed E-state index contributed by atoms with van der Waals surface area (Å²) in [6, 6.07) is 0. The third kappa shape index (κ3) is 11.1. The maximum atomic E-state index is 10.1. The van der Waals surface area contributed by atoms with Crippen LogP contribution in [-0.4, -0.2) is 12.7 Å². The molecule has 0 radical (unpaired) electrons. The normalized spacial score (nSPS) is 11.6. The number of ether oxygens (including phenoxy) is 1. The summed E-state index contributed by atoms with van der Waals surface area (Å²) < 4.78 is 4.64. The highest BCUT2D eigenvalue weighted by atomic mass is 16.5. The molecule has 0 aliphatic heterocycles. The van der Waals surface area contributed by atoms with Gasteiger partial charge in [0.15, 0.2) is 6.23 Å². The first kappa shape index (κ1) is 15.8. The van der Waals surface area contributed by atoms with E-state index in [1.54, 1.807) is 0 Å². The molecule has 0 saturated heterocycles. The molecule has 0 aromatic carbocycles. The van der Waals surface area contributed by atoms with Crippen molar-refractivity contribution in [1.82, 2.24) is 0 Å². The summed E-state index contributed by atoms with van der Waals surface area (Å²) in [6.45, 7) is 2.55. The fourth-order valence-corrected chi connectivity index (χ4v) is 1.73. The van der Waals surface area contributed by atoms with E-state index >= 15 is 0 Å². The van der Waals surface area contributed by atoms with Gasteiger partial charge in [-0.1, -0.05) is 51.9 Å². The smallest absolute Gasteiger partial charge is 0.293 e. The molecule has 0 aromatic heterocycles. The van der Waals surface area contributed by atoms with Gasteiger partial charge in [-0.2, -0.15) is 0 Å². The predicted octanol–water partition coefficient (Wildman–Crippen LogP) is 4.33. The summed E-state index contributed by atoms with van der Waals surface area (Å²) in [5.74, 6) is 0. The van der Waals surface area contributed by atoms with Crippen LogP contribution in [0.15, 0.2) is 5.11 Å². The van der Waals surface area contributed by atoms with E-state index in [-0.39, 0.29) is 0 Å². The minimum absolute atomic E-state index is 0.337. The molecule has 0 heterocycles. The van der Waals surface area contributed by atoms with Crippen LogP contribution in [0.25, 0.3) is 10.4 Å². The average Bonchev–Trinajstić information content (AvgIpc) is 2.33. The van der Waals surface area contributed by atoms with E-state index in [0.717, 1.165) is 12.8 Å². The third-order valence-electron chi connectivity index (χ3n) is 2.70. The van der Waals surface area contributed by atoms with E-state index in [9.17, 15) is 4.79 Å². The predicted molar refractivity (Wildman–Crippen MR) is 67.3 cm³/mol. The van der Waals surface area contributed by atoms with Gasteiger partial charge in [0, 0.05) is 4.91 Å². The van der Waals surface area contributed by atoms with Gasteiger partial charge in [-0.25, -0.2) is 0 Å². The van der Waals surface area contributed by atoms with Crippen molar-refractivity contribution >= 4 is 6.47 Å². The van der Waals surface area contributed by atoms with Gasteiger partial charge in [0.05, 0.1) is 0 Å². The Balaban J connectivity index is 3.35. The van der Waals surface area contributed by atoms with E-state index in [1.165, 1.54) is 38.5 Å². The van der Waals surface area contributed by atoms with E-state index in [0.29, 0.717) is 12.9 Å². The SMILES string of the molecule is CCCCCCCCCCC(N=[N+]=[N-])OC=O. The van der Waals surface area contributed by atoms with Crippen LogP contribution in [0.2, 0.25) is 0 Å². The highest BCUT2D eigenvalue weighted by Gasteiger charge is 2.05. The summed E-state index contributed by atoms with van der Waals surface area (Å²) in [5, 5.41) is 3.40. The Kier molecular flexibility index (Phi) is 11.9. The molecule has 1 atom stereocenters. The van der Waals surface area contributed by atoms with Crippen LogP contribution in [-0.2, 0) is 9.53 Å². The Morgan fingerprint density at radius 1 is 1.18 bits per heavy atom. The number of rotatable bonds is 12. The van der Waals surface area contributed by atoms with Crippen LogP contribution in [0.4, 0.5) is 0 Å². The van der Waals surface area contributed by atoms with E-state index in [2.05, 4.69) is 21.7 Å². The van der Waals surface area contributed by atoms with Crippen molar-refractivity contribution in [3.05, 3.63) is 10.4 Å². The van der Waals surface area contributed by atoms with Gasteiger partial charge >= 0.3 is 0 Å². The lowest BCUT2D eigenvalue weighted by atomic mass is 10.1. The van der Waals surface area contributed by atoms with Crippen molar-refractivity contribution in [3.8, 4) is 0 Å². The van der Waals surface area contributed by atoms with Gasteiger partial charge in [0.1, 0.15) is 0 Å². The third-order valence-corrected chi connectivity index (χ3v) is 2.70. The average molecular weight is 241 g/mol. The van der Waals surface area contributed by atoms with Gasteiger partial charge in [-0.3, -0.25) is 4.79 Å². The van der Waals surface area contributed by atoms with Crippen molar-refractivity contribution in [2.24, 2.45) is 5.11 Å². The number of hydrogen-bond acceptors (Lipinski definition) is 3. The Labute approximate surface area is 103 Å². The van der Waals surface area contributed by atoms with Gasteiger partial charge in [-0.05, 0) is 23.5 Å². The zero-order chi connectivity index (χ0) is 12.8. The molecule has 5 nitrogen and oxygen atoms in total. The molecule has 0 N–H and O–H groups in total. The summed E-state index contributed by atoms with van der Waals surface area (Å²) in [5.41, 5.74) is 8.25. The number of unbranched alkanes of at least 4 members (excludes halogenated alkanes) is 7. The van der Waals surface area contributed by atoms with Crippen molar-refractivity contribution in [3.63, 3.8) is 0 Å². The molecule has 0 rings (SSSR count). The van der Waals surface area contributed by atoms with Gasteiger partial charge < -0.3 is 4.74 Å². The summed E-state index contributed by atoms with van der Waals surface area (Å²) in [4.78, 5) is 12.8. The van der Waals surface area contributed by atoms with Crippen LogP contribution in [0, 0.1) is 0 Å². The Morgan fingerprint density at radius 3 is 2.29 bits per heavy atom. The number of carbonyl (C=O) groups excluding carboxylic acids is 1. The molecular weight excluding hydrogens is 218 g/mol. The number of azide groups is 1. The van der Waals surface area contributed by atoms with Crippen LogP contribution in [0.3, 0.4) is 0 Å². The lowest BCUT2D eigenvalue weighted by Gasteiger charge is -2.08. The second-order valence-electron chi connectivity index (χ2n) is 4.16. The highest BCUT2D eigenvalue weighted by Crippen LogP contribution is 2.12. The van der Waals surface area contributed by atoms with Gasteiger partial charge in [-0.15, -0.1) is 0 Å². The molecule has 0 amide bonds. The number of nitrogens with zero attached hydrogens (tertiary/aromatic N) is 3. The molecule has 1 unspecified atom stereocenters. The lowest BCUT2D eigenvalue weighted by molar-refractivity contribution is -0.133. The molecule has 0 aliphatic carbocycles. The zero-order valence-electron chi connectivity index (χ0n) is 10.7. The Morgan fingerprint density at radius 2 is 1.76 bits per heavy atom. The summed E-state index contributed by atoms with van der Waals surface area (Å²) in [7, 11) is 0. The molecule has 0 bridgehead atoms. The van der Waals surface area contributed by atoms with Crippen LogP contribution < -0.4 is 0 Å². The quantitative estimate of drug-likeness (QED) is 0.168. The molecule has 0 saturated carbocycles. The molecule has 0 aliphatic rings. The molecule has 98 valence electrons. The van der Waals surface area contributed by atoms with E-state index in [1.807, 2.05) is 0 Å². The first-order chi connectivity index (χ1) is 8.35. The van der Waals surface area contributed by atoms with Crippen molar-refractivity contribution in [2.75, 3.05) is 0 Å². The molecule has 0 aromatic rings. The van der Waals surface area contributed by atoms with Gasteiger partial charge in [0.25, 0.3) is 6.47 Å². The Bertz CT molecular complexity index is 228. The first-order valence-corrected chi connectivity index (χ1v) is 6.48. The molecule has 5 heteroatoms. The number of carbonyl (C=O) groups is 1. The summed E-state index contributed by atoms with van der Waals surface area (Å²) >= 11 is 0. The van der Waals surface area contributed by atoms with E-state index in [4.69, 9.17) is 5.53 Å².